The number of halogens is 2. The standard InChI is InChI=1S/C27H29ClFN3O4S/c1-4-24(27(34)30-3)31(17-20-9-13-22(29)14-10-20)26(33)18-32(25-8-6-5-7-19(25)2)37(35,36)23-15-11-21(28)12-16-23/h5-16,24H,4,17-18H2,1-3H3,(H,30,34)/t24-/m0/s1. The third-order valence-electron chi connectivity index (χ3n) is 5.96. The second-order valence-electron chi connectivity index (χ2n) is 8.44. The highest BCUT2D eigenvalue weighted by Gasteiger charge is 2.33. The minimum absolute atomic E-state index is 0.00631. The number of sulfonamides is 1. The molecule has 0 radical (unpaired) electrons. The summed E-state index contributed by atoms with van der Waals surface area (Å²) in [4.78, 5) is 27.8. The van der Waals surface area contributed by atoms with Gasteiger partial charge in [0.15, 0.2) is 0 Å². The first-order valence-electron chi connectivity index (χ1n) is 11.7. The van der Waals surface area contributed by atoms with Crippen molar-refractivity contribution >= 4 is 39.1 Å². The van der Waals surface area contributed by atoms with Crippen LogP contribution in [0.3, 0.4) is 0 Å². The molecule has 1 atom stereocenters. The van der Waals surface area contributed by atoms with Gasteiger partial charge in [-0.2, -0.15) is 0 Å². The van der Waals surface area contributed by atoms with E-state index in [-0.39, 0.29) is 17.3 Å². The molecule has 0 aliphatic carbocycles. The van der Waals surface area contributed by atoms with Crippen LogP contribution in [0.25, 0.3) is 0 Å². The topological polar surface area (TPSA) is 86.8 Å². The number of nitrogens with one attached hydrogen (secondary N) is 1. The number of anilines is 1. The number of carbonyl (C=O) groups is 2. The zero-order chi connectivity index (χ0) is 27.2. The number of aryl methyl sites for hydroxylation is 1. The predicted molar refractivity (Wildman–Crippen MR) is 142 cm³/mol. The first kappa shape index (κ1) is 28.1. The van der Waals surface area contributed by atoms with Crippen LogP contribution in [0.1, 0.15) is 24.5 Å². The number of likely N-dealkylation sites (N-methyl/N-ethyl adjacent to an activating group) is 1. The van der Waals surface area contributed by atoms with Crippen LogP contribution in [0, 0.1) is 12.7 Å². The highest BCUT2D eigenvalue weighted by molar-refractivity contribution is 7.92. The van der Waals surface area contributed by atoms with E-state index in [4.69, 9.17) is 11.6 Å². The fourth-order valence-corrected chi connectivity index (χ4v) is 5.57. The molecule has 3 aromatic carbocycles. The second-order valence-corrected chi connectivity index (χ2v) is 10.7. The average Bonchev–Trinajstić information content (AvgIpc) is 2.88. The molecule has 37 heavy (non-hydrogen) atoms. The van der Waals surface area contributed by atoms with E-state index < -0.39 is 34.3 Å². The van der Waals surface area contributed by atoms with Crippen LogP contribution >= 0.6 is 11.6 Å². The number of hydrogen-bond acceptors (Lipinski definition) is 4. The van der Waals surface area contributed by atoms with Crippen LogP contribution < -0.4 is 9.62 Å². The number of amides is 2. The zero-order valence-corrected chi connectivity index (χ0v) is 22.4. The number of para-hydroxylation sites is 1. The van der Waals surface area contributed by atoms with Gasteiger partial charge in [0.05, 0.1) is 10.6 Å². The maximum Gasteiger partial charge on any atom is 0.264 e. The average molecular weight is 546 g/mol. The quantitative estimate of drug-likeness (QED) is 0.405. The van der Waals surface area contributed by atoms with Gasteiger partial charge in [-0.05, 0) is 66.9 Å². The summed E-state index contributed by atoms with van der Waals surface area (Å²) < 4.78 is 42.1. The molecule has 1 N–H and O–H groups in total. The smallest absolute Gasteiger partial charge is 0.264 e. The van der Waals surface area contributed by atoms with Crippen molar-refractivity contribution in [1.29, 1.82) is 0 Å². The highest BCUT2D eigenvalue weighted by atomic mass is 35.5. The third-order valence-corrected chi connectivity index (χ3v) is 7.99. The number of benzene rings is 3. The Hall–Kier alpha value is -3.43. The van der Waals surface area contributed by atoms with Crippen molar-refractivity contribution in [3.63, 3.8) is 0 Å². The van der Waals surface area contributed by atoms with Crippen molar-refractivity contribution in [1.82, 2.24) is 10.2 Å². The Morgan fingerprint density at radius 2 is 1.62 bits per heavy atom. The fraction of sp³-hybridized carbons (Fsp3) is 0.259. The minimum atomic E-state index is -4.18. The van der Waals surface area contributed by atoms with Crippen molar-refractivity contribution in [3.05, 3.63) is 94.8 Å². The van der Waals surface area contributed by atoms with Crippen LogP contribution in [0.2, 0.25) is 5.02 Å². The molecule has 0 aliphatic heterocycles. The van der Waals surface area contributed by atoms with E-state index in [1.54, 1.807) is 38.1 Å². The molecule has 0 aromatic heterocycles. The van der Waals surface area contributed by atoms with E-state index in [2.05, 4.69) is 5.32 Å². The Balaban J connectivity index is 2.06. The summed E-state index contributed by atoms with van der Waals surface area (Å²) in [5.74, 6) is -1.40. The van der Waals surface area contributed by atoms with Crippen LogP contribution in [-0.4, -0.2) is 44.8 Å². The van der Waals surface area contributed by atoms with E-state index in [9.17, 15) is 22.4 Å². The lowest BCUT2D eigenvalue weighted by Crippen LogP contribution is -2.51. The van der Waals surface area contributed by atoms with E-state index in [0.717, 1.165) is 4.31 Å². The third kappa shape index (κ3) is 6.67. The second kappa shape index (κ2) is 12.2. The molecule has 0 fully saturated rings. The van der Waals surface area contributed by atoms with Gasteiger partial charge in [0, 0.05) is 18.6 Å². The molecular formula is C27H29ClFN3O4S. The molecule has 0 bridgehead atoms. The molecule has 0 aliphatic rings. The van der Waals surface area contributed by atoms with E-state index >= 15 is 0 Å². The zero-order valence-electron chi connectivity index (χ0n) is 20.8. The van der Waals surface area contributed by atoms with Crippen molar-refractivity contribution in [3.8, 4) is 0 Å². The summed E-state index contributed by atoms with van der Waals surface area (Å²) in [6.45, 7) is 2.95. The Kier molecular flexibility index (Phi) is 9.29. The van der Waals surface area contributed by atoms with Gasteiger partial charge in [-0.15, -0.1) is 0 Å². The van der Waals surface area contributed by atoms with Gasteiger partial charge in [-0.25, -0.2) is 12.8 Å². The maximum absolute atomic E-state index is 13.8. The number of hydrogen-bond donors (Lipinski definition) is 1. The van der Waals surface area contributed by atoms with E-state index in [1.807, 2.05) is 0 Å². The van der Waals surface area contributed by atoms with Gasteiger partial charge in [0.1, 0.15) is 18.4 Å². The van der Waals surface area contributed by atoms with Crippen molar-refractivity contribution < 1.29 is 22.4 Å². The minimum Gasteiger partial charge on any atom is -0.357 e. The van der Waals surface area contributed by atoms with Gasteiger partial charge in [0.25, 0.3) is 10.0 Å². The van der Waals surface area contributed by atoms with Crippen LogP contribution in [-0.2, 0) is 26.2 Å². The highest BCUT2D eigenvalue weighted by Crippen LogP contribution is 2.28. The van der Waals surface area contributed by atoms with Crippen LogP contribution in [0.4, 0.5) is 10.1 Å². The maximum atomic E-state index is 13.8. The SMILES string of the molecule is CC[C@@H](C(=O)NC)N(Cc1ccc(F)cc1)C(=O)CN(c1ccccc1C)S(=O)(=O)c1ccc(Cl)cc1. The largest absolute Gasteiger partial charge is 0.357 e. The van der Waals surface area contributed by atoms with Gasteiger partial charge in [-0.3, -0.25) is 13.9 Å². The molecule has 3 aromatic rings. The normalized spacial score (nSPS) is 12.0. The first-order valence-corrected chi connectivity index (χ1v) is 13.5. The predicted octanol–water partition coefficient (Wildman–Crippen LogP) is 4.54. The van der Waals surface area contributed by atoms with E-state index in [0.29, 0.717) is 28.3 Å². The Labute approximate surface area is 221 Å². The number of rotatable bonds is 10. The van der Waals surface area contributed by atoms with Gasteiger partial charge >= 0.3 is 0 Å². The van der Waals surface area contributed by atoms with Gasteiger partial charge < -0.3 is 10.2 Å². The van der Waals surface area contributed by atoms with Crippen molar-refractivity contribution in [2.24, 2.45) is 0 Å². The van der Waals surface area contributed by atoms with Crippen molar-refractivity contribution in [2.75, 3.05) is 17.9 Å². The molecule has 0 saturated heterocycles. The monoisotopic (exact) mass is 545 g/mol. The van der Waals surface area contributed by atoms with Gasteiger partial charge in [-0.1, -0.05) is 48.9 Å². The van der Waals surface area contributed by atoms with Gasteiger partial charge in [0.2, 0.25) is 11.8 Å². The lowest BCUT2D eigenvalue weighted by Gasteiger charge is -2.33. The molecule has 196 valence electrons. The van der Waals surface area contributed by atoms with Crippen molar-refractivity contribution in [2.45, 2.75) is 37.8 Å². The molecule has 2 amide bonds. The summed E-state index contributed by atoms with van der Waals surface area (Å²) in [7, 11) is -2.71. The lowest BCUT2D eigenvalue weighted by molar-refractivity contribution is -0.140. The molecule has 3 rings (SSSR count). The summed E-state index contributed by atoms with van der Waals surface area (Å²) in [5.41, 5.74) is 1.58. The first-order chi connectivity index (χ1) is 17.6. The fourth-order valence-electron chi connectivity index (χ4n) is 3.96. The molecule has 0 unspecified atom stereocenters. The van der Waals surface area contributed by atoms with E-state index in [1.165, 1.54) is 60.5 Å². The van der Waals surface area contributed by atoms with Crippen LogP contribution in [0.5, 0.6) is 0 Å². The Morgan fingerprint density at radius 3 is 2.19 bits per heavy atom. The van der Waals surface area contributed by atoms with Crippen LogP contribution in [0.15, 0.2) is 77.7 Å². The molecule has 10 heteroatoms. The number of carbonyl (C=O) groups excluding carboxylic acids is 2. The molecule has 0 heterocycles. The molecule has 0 saturated carbocycles. The Bertz CT molecular complexity index is 1350. The summed E-state index contributed by atoms with van der Waals surface area (Å²) in [6, 6.07) is 17.2. The lowest BCUT2D eigenvalue weighted by atomic mass is 10.1. The molecular weight excluding hydrogens is 517 g/mol. The molecule has 0 spiro atoms. The Morgan fingerprint density at radius 1 is 1.00 bits per heavy atom. The summed E-state index contributed by atoms with van der Waals surface area (Å²) in [6.07, 6.45) is 0.293. The summed E-state index contributed by atoms with van der Waals surface area (Å²) >= 11 is 5.96. The molecule has 7 nitrogen and oxygen atoms in total. The number of nitrogens with zero attached hydrogens (tertiary/aromatic N) is 2. The summed E-state index contributed by atoms with van der Waals surface area (Å²) in [5, 5.41) is 2.94.